The van der Waals surface area contributed by atoms with Crippen LogP contribution in [0.4, 0.5) is 0 Å². The first kappa shape index (κ1) is 21.5. The summed E-state index contributed by atoms with van der Waals surface area (Å²) < 4.78 is 0. The van der Waals surface area contributed by atoms with Gasteiger partial charge in [0.1, 0.15) is 10.7 Å². The molecule has 2 aromatic rings. The average Bonchev–Trinajstić information content (AvgIpc) is 3.53. The van der Waals surface area contributed by atoms with Gasteiger partial charge in [-0.05, 0) is 45.0 Å². The molecular weight excluding hydrogens is 444 g/mol. The van der Waals surface area contributed by atoms with Crippen molar-refractivity contribution >= 4 is 34.6 Å². The second-order valence-electron chi connectivity index (χ2n) is 8.65. The largest absolute Gasteiger partial charge is 0.362 e. The minimum absolute atomic E-state index is 0.0222. The number of nitrogens with two attached hydrogens (primary N) is 1. The molecule has 2 aliphatic heterocycles. The summed E-state index contributed by atoms with van der Waals surface area (Å²) >= 11 is 7.82. The van der Waals surface area contributed by atoms with Crippen molar-refractivity contribution in [2.75, 3.05) is 26.7 Å². The number of primary amides is 1. The van der Waals surface area contributed by atoms with E-state index in [1.165, 1.54) is 11.3 Å². The van der Waals surface area contributed by atoms with Crippen molar-refractivity contribution in [1.82, 2.24) is 20.3 Å². The number of halogens is 1. The van der Waals surface area contributed by atoms with E-state index in [-0.39, 0.29) is 11.8 Å². The van der Waals surface area contributed by atoms with Crippen LogP contribution in [0.25, 0.3) is 10.4 Å². The minimum Gasteiger partial charge on any atom is -0.306 e. The number of hydrazone groups is 1. The Balaban J connectivity index is 1.44. The van der Waals surface area contributed by atoms with Crippen molar-refractivity contribution in [2.24, 2.45) is 16.9 Å². The Labute approximate surface area is 196 Å². The predicted molar refractivity (Wildman–Crippen MR) is 126 cm³/mol. The van der Waals surface area contributed by atoms with Gasteiger partial charge in [-0.1, -0.05) is 23.7 Å². The topological polar surface area (TPSA) is 87.1 Å². The molecule has 7 nitrogen and oxygen atoms in total. The van der Waals surface area contributed by atoms with E-state index in [4.69, 9.17) is 16.6 Å². The summed E-state index contributed by atoms with van der Waals surface area (Å²) in [7, 11) is 2.13. The lowest BCUT2D eigenvalue weighted by Crippen LogP contribution is -2.89. The van der Waals surface area contributed by atoms with Gasteiger partial charge in [-0.2, -0.15) is 5.10 Å². The van der Waals surface area contributed by atoms with Gasteiger partial charge >= 0.3 is 5.91 Å². The summed E-state index contributed by atoms with van der Waals surface area (Å²) in [6.07, 6.45) is 7.45. The number of amides is 1. The van der Waals surface area contributed by atoms with Crippen molar-refractivity contribution in [1.29, 1.82) is 0 Å². The van der Waals surface area contributed by atoms with Crippen molar-refractivity contribution in [3.8, 4) is 10.4 Å². The maximum absolute atomic E-state index is 13.2. The molecule has 3 N–H and O–H groups in total. The number of pyridine rings is 1. The lowest BCUT2D eigenvalue weighted by molar-refractivity contribution is -0.561. The Morgan fingerprint density at radius 3 is 3.06 bits per heavy atom. The standard InChI is InChI=1S/C23H25ClN6OS/c1-13-17(24)6-5-16-18(13)28-29-19(16)23-27-20(21(32-23)15-4-3-8-25-11-15)22(31)26-10-14-7-9-30(2)12-14/h3-4,6,8,11,14,16,28H,5,7,9-10,12H2,1-2H3,(H,26,31)/p+1. The van der Waals surface area contributed by atoms with E-state index in [1.807, 2.05) is 30.4 Å². The highest BCUT2D eigenvalue weighted by molar-refractivity contribution is 7.17. The zero-order valence-corrected chi connectivity index (χ0v) is 19.7. The zero-order chi connectivity index (χ0) is 22.2. The van der Waals surface area contributed by atoms with Crippen LogP contribution >= 0.6 is 22.9 Å². The lowest BCUT2D eigenvalue weighted by Gasteiger charge is -2.18. The van der Waals surface area contributed by atoms with E-state index in [2.05, 4.69) is 27.5 Å². The number of carbonyl (C=O) groups excluding carboxylic acids is 1. The van der Waals surface area contributed by atoms with Gasteiger partial charge in [-0.25, -0.2) is 9.78 Å². The second kappa shape index (κ2) is 8.86. The lowest BCUT2D eigenvalue weighted by atomic mass is 9.90. The zero-order valence-electron chi connectivity index (χ0n) is 18.1. The van der Waals surface area contributed by atoms with Crippen LogP contribution in [0.3, 0.4) is 0 Å². The number of thiazole rings is 1. The monoisotopic (exact) mass is 469 g/mol. The Bertz CT molecular complexity index is 1140. The van der Waals surface area contributed by atoms with Crippen molar-refractivity contribution < 1.29 is 10.1 Å². The van der Waals surface area contributed by atoms with Crippen LogP contribution in [0, 0.1) is 11.8 Å². The van der Waals surface area contributed by atoms with Gasteiger partial charge in [0.2, 0.25) is 0 Å². The van der Waals surface area contributed by atoms with E-state index >= 15 is 0 Å². The molecule has 0 aromatic carbocycles. The first-order chi connectivity index (χ1) is 15.5. The summed E-state index contributed by atoms with van der Waals surface area (Å²) in [4.78, 5) is 25.5. The third kappa shape index (κ3) is 4.03. The number of fused-ring (bicyclic) bond motifs is 1. The van der Waals surface area contributed by atoms with Gasteiger partial charge < -0.3 is 4.90 Å². The average molecular weight is 470 g/mol. The number of rotatable bonds is 5. The molecule has 1 saturated heterocycles. The molecule has 5 rings (SSSR count). The smallest absolute Gasteiger partial charge is 0.306 e. The Kier molecular flexibility index (Phi) is 5.94. The molecule has 1 amide bonds. The SMILES string of the molecule is CC1=C2NN=C(c3nc(C(=O)[NH2+]CC4CCN(C)C4)c(-c4cccnc4)s3)C2CC=C1Cl. The molecule has 2 aromatic heterocycles. The van der Waals surface area contributed by atoms with Gasteiger partial charge in [0, 0.05) is 41.1 Å². The van der Waals surface area contributed by atoms with E-state index in [9.17, 15) is 4.79 Å². The highest BCUT2D eigenvalue weighted by Gasteiger charge is 2.35. The molecule has 166 valence electrons. The van der Waals surface area contributed by atoms with Crippen LogP contribution in [0.1, 0.15) is 35.3 Å². The minimum atomic E-state index is -0.0222. The second-order valence-corrected chi connectivity index (χ2v) is 10.1. The molecule has 1 aliphatic carbocycles. The molecule has 32 heavy (non-hydrogen) atoms. The van der Waals surface area contributed by atoms with Crippen molar-refractivity contribution in [2.45, 2.75) is 19.8 Å². The molecule has 0 spiro atoms. The number of allylic oxidation sites excluding steroid dienone is 4. The number of hydrogen-bond acceptors (Lipinski definition) is 7. The molecule has 2 atom stereocenters. The Morgan fingerprint density at radius 1 is 1.44 bits per heavy atom. The normalized spacial score (nSPS) is 23.1. The van der Waals surface area contributed by atoms with Crippen LogP contribution < -0.4 is 10.7 Å². The summed E-state index contributed by atoms with van der Waals surface area (Å²) in [5, 5.41) is 7.93. The number of nitrogens with one attached hydrogen (secondary N) is 1. The van der Waals surface area contributed by atoms with E-state index in [1.54, 1.807) is 12.4 Å². The summed E-state index contributed by atoms with van der Waals surface area (Å²) in [6, 6.07) is 3.86. The quantitative estimate of drug-likeness (QED) is 0.702. The molecule has 0 saturated carbocycles. The van der Waals surface area contributed by atoms with Gasteiger partial charge in [-0.3, -0.25) is 15.7 Å². The highest BCUT2D eigenvalue weighted by atomic mass is 35.5. The number of carbonyl (C=O) groups is 1. The third-order valence-corrected chi connectivity index (χ3v) is 7.96. The number of aromatic nitrogens is 2. The van der Waals surface area contributed by atoms with E-state index in [0.29, 0.717) is 11.6 Å². The number of hydrogen-bond donors (Lipinski definition) is 2. The van der Waals surface area contributed by atoms with Gasteiger partial charge in [0.25, 0.3) is 0 Å². The Morgan fingerprint density at radius 2 is 2.31 bits per heavy atom. The molecular formula is C23H26ClN6OS+. The van der Waals surface area contributed by atoms with Crippen LogP contribution in [-0.4, -0.2) is 53.2 Å². The maximum atomic E-state index is 13.2. The van der Waals surface area contributed by atoms with Crippen LogP contribution in [0.15, 0.2) is 52.0 Å². The van der Waals surface area contributed by atoms with Crippen LogP contribution in [-0.2, 0) is 0 Å². The molecule has 1 fully saturated rings. The number of quaternary nitrogens is 1. The molecule has 4 heterocycles. The number of nitrogens with zero attached hydrogens (tertiary/aromatic N) is 4. The fourth-order valence-corrected chi connectivity index (χ4v) is 5.86. The fraction of sp³-hybridized carbons (Fsp3) is 0.391. The van der Waals surface area contributed by atoms with Gasteiger partial charge in [-0.15, -0.1) is 11.3 Å². The molecule has 0 radical (unpaired) electrons. The summed E-state index contributed by atoms with van der Waals surface area (Å²) in [5.41, 5.74) is 7.45. The van der Waals surface area contributed by atoms with Crippen LogP contribution in [0.5, 0.6) is 0 Å². The van der Waals surface area contributed by atoms with E-state index in [0.717, 1.165) is 69.9 Å². The van der Waals surface area contributed by atoms with Crippen molar-refractivity contribution in [3.05, 3.63) is 57.6 Å². The fourth-order valence-electron chi connectivity index (χ4n) is 4.57. The summed E-state index contributed by atoms with van der Waals surface area (Å²) in [5.74, 6) is 0.596. The first-order valence-electron chi connectivity index (χ1n) is 10.9. The first-order valence-corrected chi connectivity index (χ1v) is 12.1. The van der Waals surface area contributed by atoms with Crippen LogP contribution in [0.2, 0.25) is 0 Å². The highest BCUT2D eigenvalue weighted by Crippen LogP contribution is 2.38. The third-order valence-electron chi connectivity index (χ3n) is 6.40. The predicted octanol–water partition coefficient (Wildman–Crippen LogP) is 2.58. The maximum Gasteiger partial charge on any atom is 0.362 e. The van der Waals surface area contributed by atoms with Gasteiger partial charge in [0.05, 0.1) is 17.3 Å². The molecule has 3 aliphatic rings. The summed E-state index contributed by atoms with van der Waals surface area (Å²) in [6.45, 7) is 4.91. The Hall–Kier alpha value is -2.39. The van der Waals surface area contributed by atoms with Crippen molar-refractivity contribution in [3.63, 3.8) is 0 Å². The van der Waals surface area contributed by atoms with E-state index < -0.39 is 0 Å². The number of likely N-dealkylation sites (tertiary alicyclic amines) is 1. The molecule has 0 bridgehead atoms. The molecule has 2 unspecified atom stereocenters. The molecule has 9 heteroatoms. The van der Waals surface area contributed by atoms with Gasteiger partial charge in [0.15, 0.2) is 5.69 Å².